The number of aryl methyl sites for hydroxylation is 1. The van der Waals surface area contributed by atoms with E-state index in [0.29, 0.717) is 12.3 Å². The van der Waals surface area contributed by atoms with Crippen molar-refractivity contribution in [3.63, 3.8) is 0 Å². The number of rotatable bonds is 2. The predicted molar refractivity (Wildman–Crippen MR) is 63.6 cm³/mol. The van der Waals surface area contributed by atoms with Crippen molar-refractivity contribution < 1.29 is 9.53 Å². The second-order valence-corrected chi connectivity index (χ2v) is 4.27. The zero-order chi connectivity index (χ0) is 11.7. The van der Waals surface area contributed by atoms with Gasteiger partial charge < -0.3 is 9.14 Å². The quantitative estimate of drug-likeness (QED) is 0.796. The Morgan fingerprint density at radius 2 is 2.31 bits per heavy atom. The highest BCUT2D eigenvalue weighted by molar-refractivity contribution is 9.10. The Labute approximate surface area is 101 Å². The minimum absolute atomic E-state index is 0.333. The van der Waals surface area contributed by atoms with Crippen molar-refractivity contribution in [3.05, 3.63) is 34.2 Å². The molecule has 0 aromatic carbocycles. The summed E-state index contributed by atoms with van der Waals surface area (Å²) in [6.07, 6.45) is 3.54. The number of carbonyl (C=O) groups excluding carboxylic acids is 1. The molecule has 0 aliphatic carbocycles. The lowest BCUT2D eigenvalue weighted by molar-refractivity contribution is 0.0520. The van der Waals surface area contributed by atoms with E-state index in [1.807, 2.05) is 19.2 Å². The molecule has 2 rings (SSSR count). The number of pyridine rings is 1. The summed E-state index contributed by atoms with van der Waals surface area (Å²) in [5.74, 6) is -0.389. The summed E-state index contributed by atoms with van der Waals surface area (Å²) in [6.45, 7) is 4.10. The highest BCUT2D eigenvalue weighted by atomic mass is 79.9. The van der Waals surface area contributed by atoms with Gasteiger partial charge in [-0.05, 0) is 41.4 Å². The Hall–Kier alpha value is -1.36. The van der Waals surface area contributed by atoms with Gasteiger partial charge >= 0.3 is 5.97 Å². The summed E-state index contributed by atoms with van der Waals surface area (Å²) in [6, 6.07) is 1.91. The lowest BCUT2D eigenvalue weighted by atomic mass is 10.3. The average molecular weight is 283 g/mol. The van der Waals surface area contributed by atoms with Gasteiger partial charge in [-0.2, -0.15) is 0 Å². The number of halogens is 1. The second-order valence-electron chi connectivity index (χ2n) is 3.42. The number of carbonyl (C=O) groups is 1. The van der Waals surface area contributed by atoms with Crippen molar-refractivity contribution in [1.82, 2.24) is 9.38 Å². The van der Waals surface area contributed by atoms with E-state index >= 15 is 0 Å². The summed E-state index contributed by atoms with van der Waals surface area (Å²) in [4.78, 5) is 15.7. The fourth-order valence-corrected chi connectivity index (χ4v) is 1.74. The molecule has 2 aromatic heterocycles. The number of ether oxygens (including phenoxy) is 1. The van der Waals surface area contributed by atoms with Gasteiger partial charge in [0.05, 0.1) is 6.61 Å². The van der Waals surface area contributed by atoms with E-state index in [2.05, 4.69) is 20.9 Å². The molecule has 0 aliphatic rings. The highest BCUT2D eigenvalue weighted by Gasteiger charge is 2.12. The summed E-state index contributed by atoms with van der Waals surface area (Å²) in [5, 5.41) is 0. The molecule has 16 heavy (non-hydrogen) atoms. The summed E-state index contributed by atoms with van der Waals surface area (Å²) in [7, 11) is 0. The van der Waals surface area contributed by atoms with E-state index in [4.69, 9.17) is 4.74 Å². The van der Waals surface area contributed by atoms with Gasteiger partial charge in [0.1, 0.15) is 5.65 Å². The van der Waals surface area contributed by atoms with Gasteiger partial charge in [0.15, 0.2) is 5.69 Å². The SMILES string of the molecule is CCOC(=O)c1cn2cc(Br)c(C)cc2n1. The minimum atomic E-state index is -0.389. The van der Waals surface area contributed by atoms with Crippen LogP contribution < -0.4 is 0 Å². The first kappa shape index (κ1) is 11.1. The Bertz CT molecular complexity index is 509. The fourth-order valence-electron chi connectivity index (χ4n) is 1.41. The topological polar surface area (TPSA) is 43.6 Å². The molecule has 0 saturated carbocycles. The van der Waals surface area contributed by atoms with Gasteiger partial charge in [-0.3, -0.25) is 0 Å². The number of esters is 1. The van der Waals surface area contributed by atoms with Gasteiger partial charge in [-0.15, -0.1) is 0 Å². The van der Waals surface area contributed by atoms with E-state index < -0.39 is 0 Å². The first-order chi connectivity index (χ1) is 7.61. The molecule has 0 atom stereocenters. The van der Waals surface area contributed by atoms with Crippen LogP contribution in [0.15, 0.2) is 22.9 Å². The minimum Gasteiger partial charge on any atom is -0.461 e. The molecule has 4 nitrogen and oxygen atoms in total. The first-order valence-corrected chi connectivity index (χ1v) is 5.73. The molecule has 0 amide bonds. The monoisotopic (exact) mass is 282 g/mol. The number of aromatic nitrogens is 2. The number of hydrogen-bond acceptors (Lipinski definition) is 3. The van der Waals surface area contributed by atoms with Crippen molar-refractivity contribution in [2.45, 2.75) is 13.8 Å². The Balaban J connectivity index is 2.48. The van der Waals surface area contributed by atoms with Crippen molar-refractivity contribution in [2.24, 2.45) is 0 Å². The third kappa shape index (κ3) is 1.95. The molecule has 0 saturated heterocycles. The first-order valence-electron chi connectivity index (χ1n) is 4.93. The van der Waals surface area contributed by atoms with Crippen molar-refractivity contribution >= 4 is 27.5 Å². The van der Waals surface area contributed by atoms with Gasteiger partial charge in [0, 0.05) is 16.9 Å². The fraction of sp³-hybridized carbons (Fsp3) is 0.273. The maximum absolute atomic E-state index is 11.5. The van der Waals surface area contributed by atoms with Crippen LogP contribution in [0.4, 0.5) is 0 Å². The Morgan fingerprint density at radius 1 is 1.56 bits per heavy atom. The lowest BCUT2D eigenvalue weighted by Gasteiger charge is -1.98. The molecule has 2 aromatic rings. The van der Waals surface area contributed by atoms with Crippen LogP contribution in [0.5, 0.6) is 0 Å². The van der Waals surface area contributed by atoms with Crippen LogP contribution in [-0.2, 0) is 4.74 Å². The molecular weight excluding hydrogens is 272 g/mol. The average Bonchev–Trinajstić information content (AvgIpc) is 2.62. The third-order valence-electron chi connectivity index (χ3n) is 2.22. The van der Waals surface area contributed by atoms with E-state index in [1.54, 1.807) is 17.5 Å². The molecule has 0 unspecified atom stereocenters. The van der Waals surface area contributed by atoms with Crippen molar-refractivity contribution in [3.8, 4) is 0 Å². The molecule has 0 fully saturated rings. The maximum atomic E-state index is 11.5. The molecule has 2 heterocycles. The standard InChI is InChI=1S/C11H11BrN2O2/c1-3-16-11(15)9-6-14-5-8(12)7(2)4-10(14)13-9/h4-6H,3H2,1-2H3. The molecule has 5 heteroatoms. The van der Waals surface area contributed by atoms with Gasteiger partial charge in [-0.25, -0.2) is 9.78 Å². The van der Waals surface area contributed by atoms with Crippen molar-refractivity contribution in [1.29, 1.82) is 0 Å². The second kappa shape index (κ2) is 4.25. The summed E-state index contributed by atoms with van der Waals surface area (Å²) >= 11 is 3.43. The third-order valence-corrected chi connectivity index (χ3v) is 3.05. The molecule has 0 spiro atoms. The van der Waals surface area contributed by atoms with Crippen LogP contribution in [-0.4, -0.2) is 22.0 Å². The molecule has 84 valence electrons. The van der Waals surface area contributed by atoms with Crippen LogP contribution in [0, 0.1) is 6.92 Å². The zero-order valence-electron chi connectivity index (χ0n) is 9.03. The molecule has 0 aliphatic heterocycles. The largest absolute Gasteiger partial charge is 0.461 e. The predicted octanol–water partition coefficient (Wildman–Crippen LogP) is 2.58. The van der Waals surface area contributed by atoms with Gasteiger partial charge in [0.2, 0.25) is 0 Å². The smallest absolute Gasteiger partial charge is 0.358 e. The van der Waals surface area contributed by atoms with Gasteiger partial charge in [0.25, 0.3) is 0 Å². The molecular formula is C11H11BrN2O2. The highest BCUT2D eigenvalue weighted by Crippen LogP contribution is 2.18. The number of imidazole rings is 1. The van der Waals surface area contributed by atoms with E-state index in [9.17, 15) is 4.79 Å². The van der Waals surface area contributed by atoms with E-state index in [-0.39, 0.29) is 5.97 Å². The maximum Gasteiger partial charge on any atom is 0.358 e. The number of fused-ring (bicyclic) bond motifs is 1. The number of nitrogens with zero attached hydrogens (tertiary/aromatic N) is 2. The van der Waals surface area contributed by atoms with Gasteiger partial charge in [-0.1, -0.05) is 0 Å². The molecule has 0 N–H and O–H groups in total. The van der Waals surface area contributed by atoms with Crippen molar-refractivity contribution in [2.75, 3.05) is 6.61 Å². The van der Waals surface area contributed by atoms with Crippen LogP contribution >= 0.6 is 15.9 Å². The Kier molecular flexibility index (Phi) is 2.96. The molecule has 0 bridgehead atoms. The lowest BCUT2D eigenvalue weighted by Crippen LogP contribution is -2.04. The van der Waals surface area contributed by atoms with E-state index in [0.717, 1.165) is 15.7 Å². The number of hydrogen-bond donors (Lipinski definition) is 0. The van der Waals surface area contributed by atoms with Crippen LogP contribution in [0.2, 0.25) is 0 Å². The summed E-state index contributed by atoms with van der Waals surface area (Å²) in [5.41, 5.74) is 2.15. The van der Waals surface area contributed by atoms with E-state index in [1.165, 1.54) is 0 Å². The van der Waals surface area contributed by atoms with Crippen LogP contribution in [0.1, 0.15) is 23.0 Å². The normalized spacial score (nSPS) is 10.7. The Morgan fingerprint density at radius 3 is 3.00 bits per heavy atom. The molecule has 0 radical (unpaired) electrons. The summed E-state index contributed by atoms with van der Waals surface area (Å²) < 4.78 is 7.67. The zero-order valence-corrected chi connectivity index (χ0v) is 10.6. The van der Waals surface area contributed by atoms with Crippen LogP contribution in [0.3, 0.4) is 0 Å². The van der Waals surface area contributed by atoms with Crippen LogP contribution in [0.25, 0.3) is 5.65 Å².